The number of methoxy groups -OCH3 is 2. The first kappa shape index (κ1) is 65.8. The number of nitrogens with zero attached hydrogens (tertiary/aromatic N) is 4. The molecule has 3 N–H and O–H groups in total. The van der Waals surface area contributed by atoms with Crippen LogP contribution in [0.2, 0.25) is 0 Å². The molecule has 2 aromatic heterocycles. The number of nitrogens with one attached hydrogen (secondary N) is 3. The fraction of sp³-hybridized carbons (Fsp3) is 0.556. The highest BCUT2D eigenvalue weighted by molar-refractivity contribution is 7.91. The number of fused-ring (bicyclic) bond motifs is 2. The Hall–Kier alpha value is -7.18. The highest BCUT2D eigenvalue weighted by Gasteiger charge is 2.63. The third kappa shape index (κ3) is 14.5. The molecule has 0 bridgehead atoms. The second-order valence-corrected chi connectivity index (χ2v) is 28.7. The second-order valence-electron chi connectivity index (χ2n) is 24.8. The fourth-order valence-corrected chi connectivity index (χ4v) is 14.5. The molecule has 2 aliphatic heterocycles. The lowest BCUT2D eigenvalue weighted by Gasteiger charge is -2.36. The lowest BCUT2D eigenvalue weighted by atomic mass is 9.91. The molecule has 4 aromatic rings. The Labute approximate surface area is 510 Å². The van der Waals surface area contributed by atoms with Crippen molar-refractivity contribution in [3.05, 3.63) is 86.2 Å². The summed E-state index contributed by atoms with van der Waals surface area (Å²) >= 11 is 0. The van der Waals surface area contributed by atoms with E-state index in [0.29, 0.717) is 74.4 Å². The van der Waals surface area contributed by atoms with E-state index < -0.39 is 107 Å². The van der Waals surface area contributed by atoms with Gasteiger partial charge in [0.15, 0.2) is 11.6 Å². The second kappa shape index (κ2) is 25.9. The molecular weight excluding hydrogens is 1160 g/mol. The van der Waals surface area contributed by atoms with Crippen molar-refractivity contribution >= 4 is 77.0 Å². The van der Waals surface area contributed by atoms with Gasteiger partial charge in [0.25, 0.3) is 0 Å². The van der Waals surface area contributed by atoms with Crippen molar-refractivity contribution in [1.29, 1.82) is 0 Å². The van der Waals surface area contributed by atoms with Crippen molar-refractivity contribution in [3.63, 3.8) is 0 Å². The van der Waals surface area contributed by atoms with Gasteiger partial charge in [0, 0.05) is 62.4 Å². The average molecular weight is 1240 g/mol. The zero-order chi connectivity index (χ0) is 62.3. The average Bonchev–Trinajstić information content (AvgIpc) is 1.60. The topological polar surface area (TPSA) is 285 Å². The first-order valence-electron chi connectivity index (χ1n) is 29.3. The van der Waals surface area contributed by atoms with Gasteiger partial charge in [0.1, 0.15) is 35.3 Å². The molecule has 6 aliphatic rings. The van der Waals surface area contributed by atoms with E-state index in [1.807, 2.05) is 56.3 Å². The van der Waals surface area contributed by atoms with E-state index in [1.165, 1.54) is 16.8 Å². The number of amides is 4. The Morgan fingerprint density at radius 2 is 1.24 bits per heavy atom. The third-order valence-electron chi connectivity index (χ3n) is 17.5. The summed E-state index contributed by atoms with van der Waals surface area (Å²) in [7, 11) is -2.83. The molecule has 472 valence electrons. The lowest BCUT2D eigenvalue weighted by molar-refractivity contribution is -0.144. The number of sulfonamides is 2. The Bertz CT molecular complexity index is 3550. The maximum Gasteiger partial charge on any atom is 0.410 e. The summed E-state index contributed by atoms with van der Waals surface area (Å²) in [5.41, 5.74) is -3.14. The van der Waals surface area contributed by atoms with Crippen LogP contribution in [0.5, 0.6) is 23.3 Å². The number of hydrogen-bond acceptors (Lipinski definition) is 18. The molecule has 24 heteroatoms. The number of ether oxygens (including phenoxy) is 5. The monoisotopic (exact) mass is 1240 g/mol. The minimum absolute atomic E-state index is 0. The standard InChI is InChI=1S/C37H50N4O9S.C25H29N3O6S.CH4/c1-9-22(3)31(40(7)35(45)50-36(4,5)6)33(43)41-21-26(49-32-28-14-11-25(48-8)17-23(28)15-16-38-32)18-29(41)30(42)20-37(19-24(37)10-2)34(44)39-51(46,47)27-12-13-27;1-3-16-12-25(16,24(30)28-35(31,32)19-5-6-19)13-22(29)21-11-18(14-27-21)34-23-20-7-4-17(33-2)10-15(20)8-9-26-23;/h10-11,14-17,22,24,26-27,29,31H,2,9,12-13,18-21H2,1,3-8H3,(H,39,44);3-4,7-10,16,18-19,21,27H,1,5-6,11-14H2,2H3,(H,28,30);1H4/t22-,24+,26+,29-,31?,37+;16-,18-,21+,25-;/m01./s1. The summed E-state index contributed by atoms with van der Waals surface area (Å²) in [6.07, 6.45) is 8.39. The summed E-state index contributed by atoms with van der Waals surface area (Å²) < 4.78 is 83.2. The van der Waals surface area contributed by atoms with E-state index in [0.717, 1.165) is 21.9 Å². The zero-order valence-electron chi connectivity index (χ0n) is 50.0. The van der Waals surface area contributed by atoms with Crippen LogP contribution in [0.25, 0.3) is 21.5 Å². The lowest BCUT2D eigenvalue weighted by Crippen LogP contribution is -2.55. The highest BCUT2D eigenvalue weighted by Crippen LogP contribution is 2.58. The Morgan fingerprint density at radius 3 is 1.68 bits per heavy atom. The molecule has 4 amide bonds. The Balaban J connectivity index is 0.000000238. The van der Waals surface area contributed by atoms with Gasteiger partial charge in [-0.05, 0) is 136 Å². The van der Waals surface area contributed by atoms with Crippen LogP contribution in [0.4, 0.5) is 4.79 Å². The van der Waals surface area contributed by atoms with Crippen LogP contribution in [0.1, 0.15) is 113 Å². The number of pyridine rings is 2. The number of benzene rings is 2. The molecule has 6 fully saturated rings. The van der Waals surface area contributed by atoms with E-state index in [4.69, 9.17) is 23.7 Å². The number of likely N-dealkylation sites (tertiary alicyclic amines) is 1. The fourth-order valence-electron chi connectivity index (χ4n) is 11.7. The number of Topliss-reactive ketones (excluding diaryl/α,β-unsaturated/α-hetero) is 2. The number of allylic oxidation sites excluding steroid dienone is 2. The summed E-state index contributed by atoms with van der Waals surface area (Å²) in [6.45, 7) is 17.0. The number of hydrogen-bond donors (Lipinski definition) is 3. The van der Waals surface area contributed by atoms with Gasteiger partial charge in [0.05, 0.1) is 54.2 Å². The van der Waals surface area contributed by atoms with Crippen molar-refractivity contribution in [2.24, 2.45) is 28.6 Å². The zero-order valence-corrected chi connectivity index (χ0v) is 51.7. The summed E-state index contributed by atoms with van der Waals surface area (Å²) in [5.74, 6) is -1.04. The third-order valence-corrected chi connectivity index (χ3v) is 21.1. The highest BCUT2D eigenvalue weighted by atomic mass is 32.2. The molecule has 4 saturated carbocycles. The first-order valence-corrected chi connectivity index (χ1v) is 32.4. The number of carbonyl (C=O) groups is 6. The molecule has 0 spiro atoms. The molecule has 87 heavy (non-hydrogen) atoms. The number of aromatic nitrogens is 2. The SMILES string of the molecule is C.C=C[C@@H]1C[C@]1(CC(=O)[C@@H]1C[C@@H](Oc2nccc3cc(OC)ccc23)CN1)C(=O)NS(=O)(=O)C1CC1.C=C[C@@H]1C[C@]1(CC(=O)[C@@H]1C[C@@H](Oc2nccc3cc(OC)ccc23)CN1C(=O)C([C@@H](C)CC)N(C)C(=O)OC(C)(C)C)C(=O)NS(=O)(=O)C1CC1. The predicted octanol–water partition coefficient (Wildman–Crippen LogP) is 7.38. The Morgan fingerprint density at radius 1 is 0.759 bits per heavy atom. The number of rotatable bonds is 24. The van der Waals surface area contributed by atoms with Crippen LogP contribution in [-0.2, 0) is 48.8 Å². The number of carbonyl (C=O) groups excluding carboxylic acids is 6. The van der Waals surface area contributed by atoms with Crippen LogP contribution in [0.3, 0.4) is 0 Å². The largest absolute Gasteiger partial charge is 0.497 e. The van der Waals surface area contributed by atoms with Gasteiger partial charge in [-0.15, -0.1) is 13.2 Å². The van der Waals surface area contributed by atoms with Crippen molar-refractivity contribution in [2.75, 3.05) is 34.4 Å². The molecule has 10 atom stereocenters. The molecule has 4 aliphatic carbocycles. The maximum absolute atomic E-state index is 14.6. The number of likely N-dealkylation sites (N-methyl/N-ethyl adjacent to an activating group) is 1. The molecule has 2 saturated heterocycles. The van der Waals surface area contributed by atoms with Gasteiger partial charge in [-0.1, -0.05) is 39.8 Å². The molecule has 2 aromatic carbocycles. The van der Waals surface area contributed by atoms with Crippen LogP contribution in [0, 0.1) is 28.6 Å². The van der Waals surface area contributed by atoms with E-state index in [9.17, 15) is 45.6 Å². The summed E-state index contributed by atoms with van der Waals surface area (Å²) in [6, 6.07) is 12.3. The molecule has 22 nitrogen and oxygen atoms in total. The molecule has 0 radical (unpaired) electrons. The molecular formula is C63H83N7O15S2. The van der Waals surface area contributed by atoms with Gasteiger partial charge in [-0.2, -0.15) is 0 Å². The normalized spacial score (nSPS) is 25.4. The van der Waals surface area contributed by atoms with Gasteiger partial charge < -0.3 is 33.9 Å². The molecule has 10 rings (SSSR count). The van der Waals surface area contributed by atoms with Crippen LogP contribution >= 0.6 is 0 Å². The van der Waals surface area contributed by atoms with E-state index in [1.54, 1.807) is 65.6 Å². The van der Waals surface area contributed by atoms with Crippen molar-refractivity contribution in [1.82, 2.24) is 34.5 Å². The van der Waals surface area contributed by atoms with Crippen molar-refractivity contribution < 1.29 is 69.3 Å². The smallest absolute Gasteiger partial charge is 0.410 e. The van der Waals surface area contributed by atoms with Gasteiger partial charge in [0.2, 0.25) is 49.5 Å². The minimum atomic E-state index is -3.85. The van der Waals surface area contributed by atoms with Crippen LogP contribution in [0.15, 0.2) is 86.2 Å². The molecule has 4 heterocycles. The number of ketones is 2. The van der Waals surface area contributed by atoms with Crippen molar-refractivity contribution in [3.8, 4) is 23.3 Å². The quantitative estimate of drug-likeness (QED) is 0.0577. The van der Waals surface area contributed by atoms with Crippen molar-refractivity contribution in [2.45, 2.75) is 159 Å². The summed E-state index contributed by atoms with van der Waals surface area (Å²) in [4.78, 5) is 93.4. The van der Waals surface area contributed by atoms with E-state index >= 15 is 0 Å². The first-order chi connectivity index (χ1) is 40.7. The predicted molar refractivity (Wildman–Crippen MR) is 327 cm³/mol. The van der Waals surface area contributed by atoms with Gasteiger partial charge >= 0.3 is 6.09 Å². The summed E-state index contributed by atoms with van der Waals surface area (Å²) in [5, 5.41) is 5.41. The van der Waals surface area contributed by atoms with Gasteiger partial charge in [-0.3, -0.25) is 38.3 Å². The van der Waals surface area contributed by atoms with E-state index in [2.05, 4.69) is 37.9 Å². The maximum atomic E-state index is 14.6. The Kier molecular flexibility index (Phi) is 19.6. The molecule has 1 unspecified atom stereocenters. The van der Waals surface area contributed by atoms with E-state index in [-0.39, 0.29) is 63.4 Å². The van der Waals surface area contributed by atoms with Crippen LogP contribution in [-0.4, -0.2) is 153 Å². The minimum Gasteiger partial charge on any atom is -0.497 e. The van der Waals surface area contributed by atoms with Crippen LogP contribution < -0.4 is 33.7 Å². The van der Waals surface area contributed by atoms with Gasteiger partial charge in [-0.25, -0.2) is 31.6 Å².